The molecule has 0 atom stereocenters. The topological polar surface area (TPSA) is 75.3 Å². The molecule has 0 heterocycles. The predicted molar refractivity (Wildman–Crippen MR) is 91.0 cm³/mol. The standard InChI is InChI=1S/C16H16ClFN2O3S/c1-11-5-6-13(18)10-15(11)20-16(21)7-8-19-24(22,23)14-4-2-3-12(17)9-14/h2-6,9-10,19H,7-8H2,1H3,(H,20,21). The third-order valence-corrected chi connectivity index (χ3v) is 4.92. The summed E-state index contributed by atoms with van der Waals surface area (Å²) in [6.45, 7) is 1.64. The van der Waals surface area contributed by atoms with E-state index >= 15 is 0 Å². The average Bonchev–Trinajstić information content (AvgIpc) is 2.51. The lowest BCUT2D eigenvalue weighted by atomic mass is 10.2. The molecular formula is C16H16ClFN2O3S. The van der Waals surface area contributed by atoms with Gasteiger partial charge >= 0.3 is 0 Å². The third kappa shape index (κ3) is 5.02. The van der Waals surface area contributed by atoms with Gasteiger partial charge in [0.05, 0.1) is 4.90 Å². The van der Waals surface area contributed by atoms with Gasteiger partial charge in [0, 0.05) is 23.7 Å². The van der Waals surface area contributed by atoms with E-state index in [-0.39, 0.29) is 17.9 Å². The summed E-state index contributed by atoms with van der Waals surface area (Å²) in [4.78, 5) is 11.9. The van der Waals surface area contributed by atoms with E-state index in [1.807, 2.05) is 0 Å². The van der Waals surface area contributed by atoms with Gasteiger partial charge in [-0.05, 0) is 42.8 Å². The van der Waals surface area contributed by atoms with Gasteiger partial charge < -0.3 is 5.32 Å². The van der Waals surface area contributed by atoms with Gasteiger partial charge in [-0.3, -0.25) is 4.79 Å². The zero-order chi connectivity index (χ0) is 17.7. The molecule has 5 nitrogen and oxygen atoms in total. The van der Waals surface area contributed by atoms with Crippen molar-refractivity contribution in [2.24, 2.45) is 0 Å². The molecule has 0 aliphatic rings. The van der Waals surface area contributed by atoms with E-state index in [9.17, 15) is 17.6 Å². The number of carbonyl (C=O) groups is 1. The highest BCUT2D eigenvalue weighted by molar-refractivity contribution is 7.89. The van der Waals surface area contributed by atoms with E-state index in [0.717, 1.165) is 0 Å². The Labute approximate surface area is 144 Å². The van der Waals surface area contributed by atoms with Gasteiger partial charge in [0.1, 0.15) is 5.82 Å². The summed E-state index contributed by atoms with van der Waals surface area (Å²) in [7, 11) is -3.74. The molecule has 0 unspecified atom stereocenters. The Bertz CT molecular complexity index is 856. The molecule has 0 spiro atoms. The van der Waals surface area contributed by atoms with Crippen LogP contribution in [0.5, 0.6) is 0 Å². The first-order chi connectivity index (χ1) is 11.3. The second kappa shape index (κ2) is 7.74. The van der Waals surface area contributed by atoms with Gasteiger partial charge in [-0.2, -0.15) is 0 Å². The number of amides is 1. The molecule has 0 fully saturated rings. The van der Waals surface area contributed by atoms with E-state index in [2.05, 4.69) is 10.0 Å². The first-order valence-corrected chi connectivity index (χ1v) is 8.95. The normalized spacial score (nSPS) is 11.3. The van der Waals surface area contributed by atoms with Gasteiger partial charge in [-0.25, -0.2) is 17.5 Å². The number of nitrogens with one attached hydrogen (secondary N) is 2. The third-order valence-electron chi connectivity index (χ3n) is 3.22. The Morgan fingerprint density at radius 3 is 2.67 bits per heavy atom. The summed E-state index contributed by atoms with van der Waals surface area (Å²) in [6, 6.07) is 9.87. The monoisotopic (exact) mass is 370 g/mol. The Hall–Kier alpha value is -1.96. The van der Waals surface area contributed by atoms with E-state index in [4.69, 9.17) is 11.6 Å². The highest BCUT2D eigenvalue weighted by Crippen LogP contribution is 2.17. The summed E-state index contributed by atoms with van der Waals surface area (Å²) in [6.07, 6.45) is -0.0876. The summed E-state index contributed by atoms with van der Waals surface area (Å²) < 4.78 is 39.6. The first kappa shape index (κ1) is 18.4. The minimum absolute atomic E-state index is 0.0244. The van der Waals surface area contributed by atoms with Crippen LogP contribution in [0.3, 0.4) is 0 Å². The van der Waals surface area contributed by atoms with E-state index in [1.54, 1.807) is 19.1 Å². The predicted octanol–water partition coefficient (Wildman–Crippen LogP) is 3.09. The number of aryl methyl sites for hydroxylation is 1. The van der Waals surface area contributed by atoms with Crippen LogP contribution < -0.4 is 10.0 Å². The highest BCUT2D eigenvalue weighted by atomic mass is 35.5. The quantitative estimate of drug-likeness (QED) is 0.820. The molecule has 8 heteroatoms. The maximum absolute atomic E-state index is 13.2. The van der Waals surface area contributed by atoms with Gasteiger partial charge in [0.25, 0.3) is 0 Å². The van der Waals surface area contributed by atoms with Crippen LogP contribution in [0.1, 0.15) is 12.0 Å². The molecule has 0 saturated heterocycles. The highest BCUT2D eigenvalue weighted by Gasteiger charge is 2.14. The van der Waals surface area contributed by atoms with Crippen molar-refractivity contribution in [3.63, 3.8) is 0 Å². The van der Waals surface area contributed by atoms with Gasteiger partial charge in [-0.15, -0.1) is 0 Å². The number of rotatable bonds is 6. The largest absolute Gasteiger partial charge is 0.326 e. The SMILES string of the molecule is Cc1ccc(F)cc1NC(=O)CCNS(=O)(=O)c1cccc(Cl)c1. The van der Waals surface area contributed by atoms with E-state index in [1.165, 1.54) is 30.3 Å². The molecule has 0 aliphatic heterocycles. The minimum Gasteiger partial charge on any atom is -0.326 e. The summed E-state index contributed by atoms with van der Waals surface area (Å²) in [5.41, 5.74) is 1.07. The summed E-state index contributed by atoms with van der Waals surface area (Å²) >= 11 is 5.77. The van der Waals surface area contributed by atoms with Crippen LogP contribution >= 0.6 is 11.6 Å². The zero-order valence-electron chi connectivity index (χ0n) is 12.8. The number of benzene rings is 2. The van der Waals surface area contributed by atoms with Crippen molar-refractivity contribution in [1.29, 1.82) is 0 Å². The second-order valence-electron chi connectivity index (χ2n) is 5.11. The number of carbonyl (C=O) groups excluding carboxylic acids is 1. The maximum atomic E-state index is 13.2. The lowest BCUT2D eigenvalue weighted by Crippen LogP contribution is -2.28. The first-order valence-electron chi connectivity index (χ1n) is 7.09. The Morgan fingerprint density at radius 1 is 1.21 bits per heavy atom. The maximum Gasteiger partial charge on any atom is 0.240 e. The van der Waals surface area contributed by atoms with Crippen molar-refractivity contribution < 1.29 is 17.6 Å². The molecule has 0 aliphatic carbocycles. The Balaban J connectivity index is 1.91. The Morgan fingerprint density at radius 2 is 1.96 bits per heavy atom. The number of hydrogen-bond acceptors (Lipinski definition) is 3. The van der Waals surface area contributed by atoms with Crippen LogP contribution in [0, 0.1) is 12.7 Å². The number of halogens is 2. The molecule has 2 rings (SSSR count). The van der Waals surface area contributed by atoms with Crippen molar-refractivity contribution in [3.8, 4) is 0 Å². The van der Waals surface area contributed by atoms with Crippen LogP contribution in [0.15, 0.2) is 47.4 Å². The lowest BCUT2D eigenvalue weighted by Gasteiger charge is -2.09. The fourth-order valence-electron chi connectivity index (χ4n) is 1.96. The fraction of sp³-hybridized carbons (Fsp3) is 0.188. The smallest absolute Gasteiger partial charge is 0.240 e. The van der Waals surface area contributed by atoms with Crippen LogP contribution in [0.4, 0.5) is 10.1 Å². The van der Waals surface area contributed by atoms with Crippen LogP contribution in [0.25, 0.3) is 0 Å². The molecule has 0 aromatic heterocycles. The zero-order valence-corrected chi connectivity index (χ0v) is 14.4. The fourth-order valence-corrected chi connectivity index (χ4v) is 3.29. The van der Waals surface area contributed by atoms with Crippen LogP contribution in [-0.4, -0.2) is 20.9 Å². The molecular weight excluding hydrogens is 355 g/mol. The van der Waals surface area contributed by atoms with Crippen molar-refractivity contribution >= 4 is 33.2 Å². The minimum atomic E-state index is -3.74. The second-order valence-corrected chi connectivity index (χ2v) is 7.32. The number of sulfonamides is 1. The average molecular weight is 371 g/mol. The van der Waals surface area contributed by atoms with Crippen molar-refractivity contribution in [3.05, 3.63) is 58.9 Å². The summed E-state index contributed by atoms with van der Waals surface area (Å²) in [5, 5.41) is 2.85. The van der Waals surface area contributed by atoms with Crippen molar-refractivity contribution in [2.45, 2.75) is 18.2 Å². The molecule has 0 radical (unpaired) electrons. The van der Waals surface area contributed by atoms with Gasteiger partial charge in [0.15, 0.2) is 0 Å². The molecule has 2 N–H and O–H groups in total. The van der Waals surface area contributed by atoms with Gasteiger partial charge in [0.2, 0.25) is 15.9 Å². The van der Waals surface area contributed by atoms with E-state index < -0.39 is 21.7 Å². The molecule has 0 saturated carbocycles. The van der Waals surface area contributed by atoms with Crippen molar-refractivity contribution in [1.82, 2.24) is 4.72 Å². The number of anilines is 1. The summed E-state index contributed by atoms with van der Waals surface area (Å²) in [5.74, 6) is -0.880. The van der Waals surface area contributed by atoms with Crippen LogP contribution in [0.2, 0.25) is 5.02 Å². The number of hydrogen-bond donors (Lipinski definition) is 2. The van der Waals surface area contributed by atoms with Gasteiger partial charge in [-0.1, -0.05) is 23.7 Å². The van der Waals surface area contributed by atoms with Crippen LogP contribution in [-0.2, 0) is 14.8 Å². The molecule has 24 heavy (non-hydrogen) atoms. The molecule has 2 aromatic rings. The molecule has 1 amide bonds. The molecule has 2 aromatic carbocycles. The molecule has 0 bridgehead atoms. The molecule has 128 valence electrons. The Kier molecular flexibility index (Phi) is 5.93. The lowest BCUT2D eigenvalue weighted by molar-refractivity contribution is -0.116. The van der Waals surface area contributed by atoms with Crippen molar-refractivity contribution in [2.75, 3.05) is 11.9 Å². The van der Waals surface area contributed by atoms with E-state index in [0.29, 0.717) is 16.3 Å².